The van der Waals surface area contributed by atoms with E-state index in [0.717, 1.165) is 0 Å². The summed E-state index contributed by atoms with van der Waals surface area (Å²) < 4.78 is 25.8. The van der Waals surface area contributed by atoms with Crippen molar-refractivity contribution in [2.45, 2.75) is 33.2 Å². The highest BCUT2D eigenvalue weighted by Crippen LogP contribution is 2.33. The molecule has 0 bridgehead atoms. The molecule has 172 valence electrons. The van der Waals surface area contributed by atoms with Crippen LogP contribution in [-0.2, 0) is 9.53 Å². The van der Waals surface area contributed by atoms with Gasteiger partial charge in [-0.2, -0.15) is 5.10 Å². The van der Waals surface area contributed by atoms with Crippen molar-refractivity contribution in [3.05, 3.63) is 41.5 Å². The summed E-state index contributed by atoms with van der Waals surface area (Å²) in [6.07, 6.45) is 2.91. The number of carbonyl (C=O) groups excluding carboxylic acids is 1. The molecule has 0 radical (unpaired) electrons. The number of rotatable bonds is 6. The van der Waals surface area contributed by atoms with Gasteiger partial charge in [0.25, 0.3) is 0 Å². The molecule has 1 atom stereocenters. The number of hydrogen-bond acceptors (Lipinski definition) is 8. The molecule has 1 unspecified atom stereocenters. The molecule has 0 aromatic carbocycles. The standard InChI is InChI=1S/C22H22ClFN6O3/c1-22(2,3)14(9-15(31)32-4)26-20-16(24)18(13-6-5-7-33-13)27-21(28-20)17-12-8-11(23)10-25-19(12)30-29-17/h5-8,10,14H,9H2,1-4H3,(H,25,29,30)(H,26,27,28). The first-order valence-corrected chi connectivity index (χ1v) is 10.5. The van der Waals surface area contributed by atoms with Crippen molar-refractivity contribution >= 4 is 34.4 Å². The monoisotopic (exact) mass is 472 g/mol. The normalized spacial score (nSPS) is 12.7. The fourth-order valence-electron chi connectivity index (χ4n) is 3.26. The van der Waals surface area contributed by atoms with Crippen LogP contribution in [0.5, 0.6) is 0 Å². The first-order valence-electron chi connectivity index (χ1n) is 10.1. The number of esters is 1. The predicted octanol–water partition coefficient (Wildman–Crippen LogP) is 4.86. The van der Waals surface area contributed by atoms with Crippen molar-refractivity contribution in [3.63, 3.8) is 0 Å². The molecule has 11 heteroatoms. The van der Waals surface area contributed by atoms with Crippen LogP contribution in [0.25, 0.3) is 34.0 Å². The Bertz CT molecular complexity index is 1300. The number of aromatic nitrogens is 5. The number of nitrogens with one attached hydrogen (secondary N) is 2. The molecule has 4 aromatic heterocycles. The van der Waals surface area contributed by atoms with Gasteiger partial charge in [0.05, 0.1) is 30.2 Å². The van der Waals surface area contributed by atoms with Crippen LogP contribution >= 0.6 is 11.6 Å². The average molecular weight is 473 g/mol. The van der Waals surface area contributed by atoms with E-state index < -0.39 is 23.2 Å². The zero-order valence-corrected chi connectivity index (χ0v) is 19.2. The third kappa shape index (κ3) is 4.65. The van der Waals surface area contributed by atoms with E-state index in [2.05, 4.69) is 30.5 Å². The van der Waals surface area contributed by atoms with E-state index >= 15 is 4.39 Å². The quantitative estimate of drug-likeness (QED) is 0.382. The van der Waals surface area contributed by atoms with Gasteiger partial charge in [-0.15, -0.1) is 0 Å². The van der Waals surface area contributed by atoms with E-state index in [-0.39, 0.29) is 29.5 Å². The van der Waals surface area contributed by atoms with E-state index in [1.807, 2.05) is 20.8 Å². The summed E-state index contributed by atoms with van der Waals surface area (Å²) in [5.74, 6) is -0.855. The van der Waals surface area contributed by atoms with E-state index in [4.69, 9.17) is 20.8 Å². The number of furan rings is 1. The Kier molecular flexibility index (Phi) is 6.03. The summed E-state index contributed by atoms with van der Waals surface area (Å²) in [6.45, 7) is 5.78. The molecule has 0 amide bonds. The van der Waals surface area contributed by atoms with E-state index in [1.54, 1.807) is 18.2 Å². The van der Waals surface area contributed by atoms with E-state index in [0.29, 0.717) is 21.7 Å². The van der Waals surface area contributed by atoms with Gasteiger partial charge in [0.1, 0.15) is 11.4 Å². The average Bonchev–Trinajstić information content (AvgIpc) is 3.43. The van der Waals surface area contributed by atoms with Gasteiger partial charge in [0.2, 0.25) is 0 Å². The van der Waals surface area contributed by atoms with Crippen molar-refractivity contribution in [2.75, 3.05) is 12.4 Å². The minimum absolute atomic E-state index is 0.0153. The number of carbonyl (C=O) groups is 1. The molecule has 0 fully saturated rings. The van der Waals surface area contributed by atoms with Gasteiger partial charge in [-0.1, -0.05) is 32.4 Å². The molecule has 4 aromatic rings. The Morgan fingerprint density at radius 3 is 2.82 bits per heavy atom. The van der Waals surface area contributed by atoms with Crippen molar-refractivity contribution in [1.82, 2.24) is 25.1 Å². The van der Waals surface area contributed by atoms with Crippen molar-refractivity contribution in [1.29, 1.82) is 0 Å². The Labute approximate surface area is 193 Å². The third-order valence-corrected chi connectivity index (χ3v) is 5.37. The zero-order valence-electron chi connectivity index (χ0n) is 18.4. The van der Waals surface area contributed by atoms with Gasteiger partial charge >= 0.3 is 5.97 Å². The zero-order chi connectivity index (χ0) is 23.8. The lowest BCUT2D eigenvalue weighted by molar-refractivity contribution is -0.141. The second-order valence-electron chi connectivity index (χ2n) is 8.50. The number of fused-ring (bicyclic) bond motifs is 1. The highest BCUT2D eigenvalue weighted by molar-refractivity contribution is 6.31. The second kappa shape index (κ2) is 8.78. The van der Waals surface area contributed by atoms with Crippen LogP contribution in [0.2, 0.25) is 5.02 Å². The molecule has 0 aliphatic carbocycles. The predicted molar refractivity (Wildman–Crippen MR) is 121 cm³/mol. The number of H-pyrrole nitrogens is 1. The van der Waals surface area contributed by atoms with Gasteiger partial charge in [0.15, 0.2) is 28.9 Å². The highest BCUT2D eigenvalue weighted by atomic mass is 35.5. The van der Waals surface area contributed by atoms with E-state index in [1.165, 1.54) is 19.6 Å². The Morgan fingerprint density at radius 1 is 1.36 bits per heavy atom. The Hall–Kier alpha value is -3.53. The molecule has 0 saturated carbocycles. The fourth-order valence-corrected chi connectivity index (χ4v) is 3.42. The first kappa shape index (κ1) is 22.7. The Morgan fingerprint density at radius 2 is 2.15 bits per heavy atom. The van der Waals surface area contributed by atoms with Crippen LogP contribution in [0.15, 0.2) is 35.1 Å². The van der Waals surface area contributed by atoms with Crippen molar-refractivity contribution < 1.29 is 18.3 Å². The van der Waals surface area contributed by atoms with Gasteiger partial charge in [0, 0.05) is 12.2 Å². The van der Waals surface area contributed by atoms with Crippen LogP contribution < -0.4 is 5.32 Å². The van der Waals surface area contributed by atoms with Crippen LogP contribution in [0.3, 0.4) is 0 Å². The van der Waals surface area contributed by atoms with Gasteiger partial charge in [-0.05, 0) is 23.6 Å². The molecule has 4 heterocycles. The molecule has 33 heavy (non-hydrogen) atoms. The molecule has 4 rings (SSSR count). The summed E-state index contributed by atoms with van der Waals surface area (Å²) >= 11 is 6.11. The summed E-state index contributed by atoms with van der Waals surface area (Å²) in [7, 11) is 1.31. The van der Waals surface area contributed by atoms with Gasteiger partial charge in [-0.3, -0.25) is 9.89 Å². The molecule has 9 nitrogen and oxygen atoms in total. The molecule has 2 N–H and O–H groups in total. The first-order chi connectivity index (χ1) is 15.7. The van der Waals surface area contributed by atoms with E-state index in [9.17, 15) is 4.79 Å². The lowest BCUT2D eigenvalue weighted by atomic mass is 9.84. The largest absolute Gasteiger partial charge is 0.469 e. The smallest absolute Gasteiger partial charge is 0.307 e. The maximum Gasteiger partial charge on any atom is 0.307 e. The number of ether oxygens (including phenoxy) is 1. The van der Waals surface area contributed by atoms with Crippen molar-refractivity contribution in [3.8, 4) is 23.0 Å². The lowest BCUT2D eigenvalue weighted by Gasteiger charge is -2.31. The maximum atomic E-state index is 15.6. The molecule has 0 aliphatic rings. The summed E-state index contributed by atoms with van der Waals surface area (Å²) in [5, 5.41) is 11.1. The SMILES string of the molecule is COC(=O)CC(Nc1nc(-c2[nH]nc3ncc(Cl)cc23)nc(-c2ccco2)c1F)C(C)(C)C. The number of nitrogens with zero attached hydrogens (tertiary/aromatic N) is 4. The molecular weight excluding hydrogens is 451 g/mol. The third-order valence-electron chi connectivity index (χ3n) is 5.16. The number of methoxy groups -OCH3 is 1. The van der Waals surface area contributed by atoms with Gasteiger partial charge < -0.3 is 14.5 Å². The molecule has 0 saturated heterocycles. The number of aromatic amines is 1. The van der Waals surface area contributed by atoms with Crippen LogP contribution in [0.4, 0.5) is 10.2 Å². The number of halogens is 2. The van der Waals surface area contributed by atoms with Crippen molar-refractivity contribution in [2.24, 2.45) is 5.41 Å². The maximum absolute atomic E-state index is 15.6. The van der Waals surface area contributed by atoms with Crippen LogP contribution in [0, 0.1) is 11.2 Å². The number of anilines is 1. The second-order valence-corrected chi connectivity index (χ2v) is 8.94. The molecular formula is C22H22ClFN6O3. The summed E-state index contributed by atoms with van der Waals surface area (Å²) in [6, 6.07) is 4.41. The number of hydrogen-bond donors (Lipinski definition) is 2. The van der Waals surface area contributed by atoms with Crippen LogP contribution in [-0.4, -0.2) is 44.3 Å². The highest BCUT2D eigenvalue weighted by Gasteiger charge is 2.30. The van der Waals surface area contributed by atoms with Gasteiger partial charge in [-0.25, -0.2) is 19.3 Å². The molecule has 0 aliphatic heterocycles. The Balaban J connectivity index is 1.87. The molecule has 0 spiro atoms. The summed E-state index contributed by atoms with van der Waals surface area (Å²) in [5.41, 5.74) is 0.357. The van der Waals surface area contributed by atoms with Crippen LogP contribution in [0.1, 0.15) is 27.2 Å². The minimum atomic E-state index is -0.715. The fraction of sp³-hybridized carbons (Fsp3) is 0.318. The summed E-state index contributed by atoms with van der Waals surface area (Å²) in [4.78, 5) is 25.0. The number of pyridine rings is 1. The lowest BCUT2D eigenvalue weighted by Crippen LogP contribution is -2.37. The topological polar surface area (TPSA) is 119 Å². The minimum Gasteiger partial charge on any atom is -0.469 e.